The molecule has 1 aromatic rings. The number of carboxylic acid groups (broad SMARTS) is 1. The van der Waals surface area contributed by atoms with Crippen molar-refractivity contribution in [1.29, 1.82) is 0 Å². The lowest BCUT2D eigenvalue weighted by Gasteiger charge is -2.34. The molecule has 29 heavy (non-hydrogen) atoms. The van der Waals surface area contributed by atoms with E-state index in [0.29, 0.717) is 18.8 Å². The standard InChI is InChI=1S/C19H28N2O7S/c1-29(25,26)17-4-2-3-16(9-17)27-13-15(22)11-21(18(23)24)14-10-19(28-12-14)5-7-20-8-6-19/h2-4,9,14-15,20,22H,5-8,10-13H2,1H3,(H,23,24)/t14-,15-/m0/s1. The summed E-state index contributed by atoms with van der Waals surface area (Å²) in [5.41, 5.74) is -0.281. The number of aliphatic hydroxyl groups excluding tert-OH is 1. The Bertz CT molecular complexity index is 824. The maximum atomic E-state index is 11.8. The summed E-state index contributed by atoms with van der Waals surface area (Å²) in [5.74, 6) is 0.298. The average molecular weight is 429 g/mol. The molecule has 0 bridgehead atoms. The molecule has 2 fully saturated rings. The number of hydrogen-bond acceptors (Lipinski definition) is 7. The van der Waals surface area contributed by atoms with Crippen LogP contribution in [0.5, 0.6) is 5.75 Å². The van der Waals surface area contributed by atoms with E-state index in [0.717, 1.165) is 32.2 Å². The van der Waals surface area contributed by atoms with Crippen molar-refractivity contribution in [2.75, 3.05) is 39.1 Å². The lowest BCUT2D eigenvalue weighted by atomic mass is 9.88. The largest absolute Gasteiger partial charge is 0.491 e. The highest BCUT2D eigenvalue weighted by molar-refractivity contribution is 7.90. The molecule has 1 aromatic carbocycles. The number of rotatable bonds is 7. The van der Waals surface area contributed by atoms with Crippen LogP contribution in [0.4, 0.5) is 4.79 Å². The van der Waals surface area contributed by atoms with Gasteiger partial charge in [-0.25, -0.2) is 13.2 Å². The Morgan fingerprint density at radius 3 is 2.79 bits per heavy atom. The predicted molar refractivity (Wildman–Crippen MR) is 105 cm³/mol. The molecule has 9 nitrogen and oxygen atoms in total. The van der Waals surface area contributed by atoms with E-state index < -0.39 is 22.0 Å². The minimum atomic E-state index is -3.37. The number of sulfone groups is 1. The summed E-state index contributed by atoms with van der Waals surface area (Å²) in [6.07, 6.45) is 1.24. The van der Waals surface area contributed by atoms with Crippen LogP contribution in [0.25, 0.3) is 0 Å². The number of carbonyl (C=O) groups is 1. The van der Waals surface area contributed by atoms with Crippen molar-refractivity contribution in [1.82, 2.24) is 10.2 Å². The van der Waals surface area contributed by atoms with E-state index >= 15 is 0 Å². The molecule has 2 atom stereocenters. The Balaban J connectivity index is 1.56. The molecular formula is C19H28N2O7S. The fourth-order valence-corrected chi connectivity index (χ4v) is 4.56. The van der Waals surface area contributed by atoms with Gasteiger partial charge in [0.05, 0.1) is 29.7 Å². The maximum absolute atomic E-state index is 11.8. The molecule has 2 aliphatic rings. The molecule has 2 heterocycles. The van der Waals surface area contributed by atoms with E-state index in [1.807, 2.05) is 0 Å². The van der Waals surface area contributed by atoms with Crippen molar-refractivity contribution >= 4 is 15.9 Å². The number of aliphatic hydroxyl groups is 1. The molecule has 162 valence electrons. The number of nitrogens with one attached hydrogen (secondary N) is 1. The second kappa shape index (κ2) is 8.86. The van der Waals surface area contributed by atoms with Crippen molar-refractivity contribution in [3.05, 3.63) is 24.3 Å². The summed E-state index contributed by atoms with van der Waals surface area (Å²) in [5, 5.41) is 23.2. The number of piperidine rings is 1. The quantitative estimate of drug-likeness (QED) is 0.580. The van der Waals surface area contributed by atoms with Gasteiger partial charge in [-0.2, -0.15) is 0 Å². The van der Waals surface area contributed by atoms with Crippen LogP contribution in [0.2, 0.25) is 0 Å². The van der Waals surface area contributed by atoms with E-state index in [4.69, 9.17) is 9.47 Å². The van der Waals surface area contributed by atoms with Gasteiger partial charge in [-0.1, -0.05) is 6.07 Å². The first-order chi connectivity index (χ1) is 13.7. The Morgan fingerprint density at radius 2 is 2.14 bits per heavy atom. The molecule has 1 spiro atoms. The highest BCUT2D eigenvalue weighted by atomic mass is 32.2. The second-order valence-corrected chi connectivity index (χ2v) is 9.76. The molecular weight excluding hydrogens is 400 g/mol. The number of nitrogens with zero attached hydrogens (tertiary/aromatic N) is 1. The lowest BCUT2D eigenvalue weighted by Crippen LogP contribution is -2.47. The summed E-state index contributed by atoms with van der Waals surface area (Å²) < 4.78 is 34.7. The van der Waals surface area contributed by atoms with E-state index in [1.165, 1.54) is 17.0 Å². The van der Waals surface area contributed by atoms with Crippen molar-refractivity contribution in [3.63, 3.8) is 0 Å². The van der Waals surface area contributed by atoms with Crippen molar-refractivity contribution in [3.8, 4) is 5.75 Å². The zero-order valence-corrected chi connectivity index (χ0v) is 17.2. The van der Waals surface area contributed by atoms with Crippen LogP contribution in [-0.4, -0.2) is 86.5 Å². The number of hydrogen-bond donors (Lipinski definition) is 3. The van der Waals surface area contributed by atoms with Gasteiger partial charge in [0, 0.05) is 6.26 Å². The van der Waals surface area contributed by atoms with Gasteiger partial charge in [0.1, 0.15) is 18.5 Å². The van der Waals surface area contributed by atoms with Gasteiger partial charge in [-0.05, 0) is 50.6 Å². The third-order valence-electron chi connectivity index (χ3n) is 5.47. The van der Waals surface area contributed by atoms with Crippen LogP contribution in [0.1, 0.15) is 19.3 Å². The van der Waals surface area contributed by atoms with Gasteiger partial charge in [-0.3, -0.25) is 0 Å². The topological polar surface area (TPSA) is 125 Å². The predicted octanol–water partition coefficient (Wildman–Crippen LogP) is 0.721. The molecule has 0 saturated carbocycles. The number of ether oxygens (including phenoxy) is 2. The zero-order chi connectivity index (χ0) is 21.1. The van der Waals surface area contributed by atoms with Gasteiger partial charge in [-0.15, -0.1) is 0 Å². The molecule has 3 N–H and O–H groups in total. The van der Waals surface area contributed by atoms with Gasteiger partial charge < -0.3 is 29.9 Å². The van der Waals surface area contributed by atoms with Crippen molar-refractivity contribution in [2.45, 2.75) is 41.9 Å². The summed E-state index contributed by atoms with van der Waals surface area (Å²) >= 11 is 0. The Hall–Kier alpha value is -1.88. The van der Waals surface area contributed by atoms with E-state index in [2.05, 4.69) is 5.32 Å². The second-order valence-electron chi connectivity index (χ2n) is 7.75. The molecule has 2 saturated heterocycles. The Kier molecular flexibility index (Phi) is 6.67. The van der Waals surface area contributed by atoms with E-state index in [9.17, 15) is 23.4 Å². The average Bonchev–Trinajstić information content (AvgIpc) is 3.07. The third-order valence-corrected chi connectivity index (χ3v) is 6.58. The lowest BCUT2D eigenvalue weighted by molar-refractivity contribution is -0.0205. The first kappa shape index (κ1) is 21.8. The third kappa shape index (κ3) is 5.59. The van der Waals surface area contributed by atoms with Crippen LogP contribution >= 0.6 is 0 Å². The molecule has 0 aromatic heterocycles. The smallest absolute Gasteiger partial charge is 0.407 e. The summed E-state index contributed by atoms with van der Waals surface area (Å²) in [7, 11) is -3.37. The Labute approximate surface area is 170 Å². The zero-order valence-electron chi connectivity index (χ0n) is 16.4. The minimum absolute atomic E-state index is 0.108. The summed E-state index contributed by atoms with van der Waals surface area (Å²) in [4.78, 5) is 13.1. The molecule has 3 rings (SSSR count). The SMILES string of the molecule is CS(=O)(=O)c1cccc(OC[C@@H](O)CN(C(=O)O)[C@@H]2COC3(CCNCC3)C2)c1. The monoisotopic (exact) mass is 428 g/mol. The van der Waals surface area contributed by atoms with Crippen LogP contribution in [0.15, 0.2) is 29.2 Å². The maximum Gasteiger partial charge on any atom is 0.407 e. The highest BCUT2D eigenvalue weighted by Gasteiger charge is 2.44. The molecule has 0 unspecified atom stereocenters. The van der Waals surface area contributed by atoms with E-state index in [-0.39, 0.29) is 29.7 Å². The van der Waals surface area contributed by atoms with Crippen LogP contribution < -0.4 is 10.1 Å². The van der Waals surface area contributed by atoms with Gasteiger partial charge in [0.2, 0.25) is 0 Å². The molecule has 0 radical (unpaired) electrons. The van der Waals surface area contributed by atoms with Crippen LogP contribution in [-0.2, 0) is 14.6 Å². The minimum Gasteiger partial charge on any atom is -0.491 e. The first-order valence-corrected chi connectivity index (χ1v) is 11.5. The number of benzene rings is 1. The molecule has 1 amide bonds. The Morgan fingerprint density at radius 1 is 1.41 bits per heavy atom. The molecule has 10 heteroatoms. The van der Waals surface area contributed by atoms with Crippen LogP contribution in [0.3, 0.4) is 0 Å². The normalized spacial score (nSPS) is 22.3. The first-order valence-electron chi connectivity index (χ1n) is 9.64. The van der Waals surface area contributed by atoms with Gasteiger partial charge in [0.25, 0.3) is 0 Å². The molecule has 2 aliphatic heterocycles. The van der Waals surface area contributed by atoms with Crippen LogP contribution in [0, 0.1) is 0 Å². The van der Waals surface area contributed by atoms with Gasteiger partial charge in [0.15, 0.2) is 9.84 Å². The summed E-state index contributed by atoms with van der Waals surface area (Å²) in [6.45, 7) is 1.75. The fourth-order valence-electron chi connectivity index (χ4n) is 3.90. The fraction of sp³-hybridized carbons (Fsp3) is 0.632. The van der Waals surface area contributed by atoms with Crippen molar-refractivity contribution in [2.24, 2.45) is 0 Å². The van der Waals surface area contributed by atoms with Crippen molar-refractivity contribution < 1.29 is 32.9 Å². The van der Waals surface area contributed by atoms with Gasteiger partial charge >= 0.3 is 6.09 Å². The highest BCUT2D eigenvalue weighted by Crippen LogP contribution is 2.36. The van der Waals surface area contributed by atoms with E-state index in [1.54, 1.807) is 12.1 Å². The molecule has 0 aliphatic carbocycles. The summed E-state index contributed by atoms with van der Waals surface area (Å²) in [6, 6.07) is 5.66. The number of amides is 1.